The van der Waals surface area contributed by atoms with Crippen LogP contribution >= 0.6 is 0 Å². The lowest BCUT2D eigenvalue weighted by molar-refractivity contribution is 0.0526. The normalized spacial score (nSPS) is 10.6. The highest BCUT2D eigenvalue weighted by molar-refractivity contribution is 5.89. The van der Waals surface area contributed by atoms with Crippen LogP contribution in [0.5, 0.6) is 5.75 Å². The molecule has 0 aliphatic rings. The highest BCUT2D eigenvalue weighted by Gasteiger charge is 2.13. The summed E-state index contributed by atoms with van der Waals surface area (Å²) in [5.41, 5.74) is 0.911. The molecule has 0 fully saturated rings. The molecule has 0 atom stereocenters. The topological polar surface area (TPSA) is 79.1 Å². The van der Waals surface area contributed by atoms with Gasteiger partial charge in [-0.05, 0) is 19.1 Å². The maximum absolute atomic E-state index is 11.7. The summed E-state index contributed by atoms with van der Waals surface area (Å²) in [6.45, 7) is 2.07. The third kappa shape index (κ3) is 2.48. The number of hydrogen-bond acceptors (Lipinski definition) is 6. The van der Waals surface area contributed by atoms with Gasteiger partial charge in [0, 0.05) is 18.5 Å². The van der Waals surface area contributed by atoms with E-state index in [-0.39, 0.29) is 0 Å². The van der Waals surface area contributed by atoms with Gasteiger partial charge in [0.25, 0.3) is 0 Å². The third-order valence-electron chi connectivity index (χ3n) is 3.08. The number of nitrogens with zero attached hydrogens (tertiary/aromatic N) is 4. The molecule has 0 amide bonds. The minimum Gasteiger partial charge on any atom is -0.496 e. The van der Waals surface area contributed by atoms with E-state index in [1.165, 1.54) is 10.9 Å². The monoisotopic (exact) mass is 298 g/mol. The summed E-state index contributed by atoms with van der Waals surface area (Å²) >= 11 is 0. The number of carbonyl (C=O) groups is 1. The van der Waals surface area contributed by atoms with Crippen LogP contribution in [0.2, 0.25) is 0 Å². The molecule has 3 aromatic rings. The molecule has 0 saturated heterocycles. The van der Waals surface area contributed by atoms with E-state index < -0.39 is 5.97 Å². The number of fused-ring (bicyclic) bond motifs is 1. The van der Waals surface area contributed by atoms with E-state index in [2.05, 4.69) is 15.1 Å². The summed E-state index contributed by atoms with van der Waals surface area (Å²) in [5.74, 6) is 0.736. The van der Waals surface area contributed by atoms with Gasteiger partial charge in [-0.2, -0.15) is 5.10 Å². The molecule has 0 aromatic carbocycles. The van der Waals surface area contributed by atoms with Gasteiger partial charge in [0.05, 0.1) is 30.9 Å². The molecule has 0 saturated carbocycles. The van der Waals surface area contributed by atoms with Gasteiger partial charge in [-0.3, -0.25) is 0 Å². The van der Waals surface area contributed by atoms with Crippen molar-refractivity contribution in [2.24, 2.45) is 0 Å². The molecule has 112 valence electrons. The summed E-state index contributed by atoms with van der Waals surface area (Å²) in [6.07, 6.45) is 4.66. The molecule has 3 aromatic heterocycles. The van der Waals surface area contributed by atoms with E-state index >= 15 is 0 Å². The maximum Gasteiger partial charge on any atom is 0.341 e. The standard InChI is InChI=1S/C15H14N4O3/c1-3-22-15(20)10-8-17-19(9-10)13-7-12(21-2)11-5-4-6-16-14(11)18-13/h4-9H,3H2,1-2H3. The number of hydrogen-bond donors (Lipinski definition) is 0. The Labute approximate surface area is 126 Å². The smallest absolute Gasteiger partial charge is 0.341 e. The summed E-state index contributed by atoms with van der Waals surface area (Å²) < 4.78 is 11.8. The second-order valence-corrected chi connectivity index (χ2v) is 4.45. The van der Waals surface area contributed by atoms with Gasteiger partial charge in [-0.1, -0.05) is 0 Å². The first-order chi connectivity index (χ1) is 10.7. The molecule has 0 radical (unpaired) electrons. The minimum absolute atomic E-state index is 0.315. The predicted octanol–water partition coefficient (Wildman–Crippen LogP) is 2.00. The molecule has 0 aliphatic heterocycles. The van der Waals surface area contributed by atoms with Gasteiger partial charge in [0.1, 0.15) is 5.75 Å². The quantitative estimate of drug-likeness (QED) is 0.685. The van der Waals surface area contributed by atoms with Gasteiger partial charge >= 0.3 is 5.97 Å². The van der Waals surface area contributed by atoms with Crippen molar-refractivity contribution in [3.05, 3.63) is 42.4 Å². The molecule has 3 heterocycles. The minimum atomic E-state index is -0.417. The Morgan fingerprint density at radius 3 is 3.05 bits per heavy atom. The first-order valence-electron chi connectivity index (χ1n) is 6.75. The van der Waals surface area contributed by atoms with Gasteiger partial charge in [0.15, 0.2) is 11.5 Å². The van der Waals surface area contributed by atoms with Crippen molar-refractivity contribution in [3.63, 3.8) is 0 Å². The third-order valence-corrected chi connectivity index (χ3v) is 3.08. The zero-order chi connectivity index (χ0) is 15.5. The number of esters is 1. The van der Waals surface area contributed by atoms with E-state index in [4.69, 9.17) is 9.47 Å². The van der Waals surface area contributed by atoms with E-state index in [1.807, 2.05) is 12.1 Å². The van der Waals surface area contributed by atoms with Gasteiger partial charge in [-0.25, -0.2) is 19.4 Å². The molecular formula is C15H14N4O3. The predicted molar refractivity (Wildman–Crippen MR) is 79.2 cm³/mol. The Balaban J connectivity index is 2.05. The van der Waals surface area contributed by atoms with Crippen molar-refractivity contribution in [1.29, 1.82) is 0 Å². The lowest BCUT2D eigenvalue weighted by atomic mass is 10.2. The van der Waals surface area contributed by atoms with Crippen molar-refractivity contribution in [3.8, 4) is 11.6 Å². The van der Waals surface area contributed by atoms with Crippen LogP contribution in [0.25, 0.3) is 16.9 Å². The van der Waals surface area contributed by atoms with Crippen molar-refractivity contribution in [2.75, 3.05) is 13.7 Å². The van der Waals surface area contributed by atoms with Crippen LogP contribution < -0.4 is 4.74 Å². The Kier molecular flexibility index (Phi) is 3.69. The van der Waals surface area contributed by atoms with Crippen LogP contribution in [0, 0.1) is 0 Å². The molecule has 0 spiro atoms. The highest BCUT2D eigenvalue weighted by atomic mass is 16.5. The van der Waals surface area contributed by atoms with Gasteiger partial charge < -0.3 is 9.47 Å². The number of rotatable bonds is 4. The number of ether oxygens (including phenoxy) is 2. The van der Waals surface area contributed by atoms with E-state index in [1.54, 1.807) is 32.5 Å². The van der Waals surface area contributed by atoms with Crippen molar-refractivity contribution in [2.45, 2.75) is 6.92 Å². The fourth-order valence-electron chi connectivity index (χ4n) is 2.07. The Hall–Kier alpha value is -2.96. The molecule has 7 nitrogen and oxygen atoms in total. The SMILES string of the molecule is CCOC(=O)c1cnn(-c2cc(OC)c3cccnc3n2)c1. The highest BCUT2D eigenvalue weighted by Crippen LogP contribution is 2.25. The van der Waals surface area contributed by atoms with E-state index in [9.17, 15) is 4.79 Å². The molecule has 0 aliphatic carbocycles. The molecular weight excluding hydrogens is 284 g/mol. The lowest BCUT2D eigenvalue weighted by Crippen LogP contribution is -2.04. The number of carbonyl (C=O) groups excluding carboxylic acids is 1. The van der Waals surface area contributed by atoms with E-state index in [0.29, 0.717) is 29.4 Å². The number of pyridine rings is 2. The molecule has 0 N–H and O–H groups in total. The molecule has 3 rings (SSSR count). The molecule has 22 heavy (non-hydrogen) atoms. The van der Waals surface area contributed by atoms with Crippen LogP contribution in [0.4, 0.5) is 0 Å². The van der Waals surface area contributed by atoms with Crippen molar-refractivity contribution < 1.29 is 14.3 Å². The number of aromatic nitrogens is 4. The number of methoxy groups -OCH3 is 1. The first kappa shape index (κ1) is 14.0. The average molecular weight is 298 g/mol. The zero-order valence-electron chi connectivity index (χ0n) is 12.2. The first-order valence-corrected chi connectivity index (χ1v) is 6.75. The summed E-state index contributed by atoms with van der Waals surface area (Å²) in [7, 11) is 1.58. The van der Waals surface area contributed by atoms with Crippen LogP contribution in [-0.2, 0) is 4.74 Å². The fourth-order valence-corrected chi connectivity index (χ4v) is 2.07. The fraction of sp³-hybridized carbons (Fsp3) is 0.200. The Bertz CT molecular complexity index is 829. The Morgan fingerprint density at radius 2 is 2.27 bits per heavy atom. The van der Waals surface area contributed by atoms with Crippen LogP contribution in [0.15, 0.2) is 36.8 Å². The summed E-state index contributed by atoms with van der Waals surface area (Å²) in [6, 6.07) is 5.44. The Morgan fingerprint density at radius 1 is 1.41 bits per heavy atom. The van der Waals surface area contributed by atoms with Crippen molar-refractivity contribution >= 4 is 17.0 Å². The summed E-state index contributed by atoms with van der Waals surface area (Å²) in [5, 5.41) is 4.95. The van der Waals surface area contributed by atoms with E-state index in [0.717, 1.165) is 5.39 Å². The molecule has 0 unspecified atom stereocenters. The van der Waals surface area contributed by atoms with Gasteiger partial charge in [0.2, 0.25) is 0 Å². The second-order valence-electron chi connectivity index (χ2n) is 4.45. The van der Waals surface area contributed by atoms with Crippen molar-refractivity contribution in [1.82, 2.24) is 19.7 Å². The van der Waals surface area contributed by atoms with Gasteiger partial charge in [-0.15, -0.1) is 0 Å². The largest absolute Gasteiger partial charge is 0.496 e. The molecule has 7 heteroatoms. The van der Waals surface area contributed by atoms with Crippen LogP contribution in [-0.4, -0.2) is 39.4 Å². The maximum atomic E-state index is 11.7. The van der Waals surface area contributed by atoms with Crippen LogP contribution in [0.3, 0.4) is 0 Å². The zero-order valence-corrected chi connectivity index (χ0v) is 12.2. The molecule has 0 bridgehead atoms. The van der Waals surface area contributed by atoms with Crippen LogP contribution in [0.1, 0.15) is 17.3 Å². The average Bonchev–Trinajstić information content (AvgIpc) is 3.04. The summed E-state index contributed by atoms with van der Waals surface area (Å²) in [4.78, 5) is 20.3. The second kappa shape index (κ2) is 5.80. The lowest BCUT2D eigenvalue weighted by Gasteiger charge is -2.07.